The van der Waals surface area contributed by atoms with Gasteiger partial charge in [-0.25, -0.2) is 0 Å². The van der Waals surface area contributed by atoms with Gasteiger partial charge in [0.25, 0.3) is 0 Å². The lowest BCUT2D eigenvalue weighted by Gasteiger charge is -2.40. The molecular weight excluding hydrogens is 340 g/mol. The number of hydrogen-bond donors (Lipinski definition) is 6. The van der Waals surface area contributed by atoms with E-state index >= 15 is 0 Å². The number of rotatable bonds is 11. The highest BCUT2D eigenvalue weighted by molar-refractivity contribution is 5.85. The highest BCUT2D eigenvalue weighted by atomic mass is 16.6. The smallest absolute Gasteiger partial charge is 0.152 e. The third kappa shape index (κ3) is 6.84. The van der Waals surface area contributed by atoms with Crippen LogP contribution in [0.2, 0.25) is 0 Å². The first kappa shape index (κ1) is 23.4. The second-order valence-corrected chi connectivity index (χ2v) is 7.63. The highest BCUT2D eigenvalue weighted by Gasteiger charge is 2.43. The zero-order valence-electron chi connectivity index (χ0n) is 16.3. The van der Waals surface area contributed by atoms with Crippen molar-refractivity contribution in [3.8, 4) is 0 Å². The summed E-state index contributed by atoms with van der Waals surface area (Å²) in [7, 11) is 0. The summed E-state index contributed by atoms with van der Waals surface area (Å²) in [6, 6.07) is 0.0669. The van der Waals surface area contributed by atoms with E-state index in [2.05, 4.69) is 10.6 Å². The molecule has 1 fully saturated rings. The van der Waals surface area contributed by atoms with Gasteiger partial charge in [0.2, 0.25) is 0 Å². The highest BCUT2D eigenvalue weighted by Crippen LogP contribution is 2.19. The van der Waals surface area contributed by atoms with E-state index in [1.807, 2.05) is 27.7 Å². The van der Waals surface area contributed by atoms with Crippen molar-refractivity contribution < 1.29 is 30.0 Å². The van der Waals surface area contributed by atoms with Gasteiger partial charge in [-0.3, -0.25) is 10.1 Å². The lowest BCUT2D eigenvalue weighted by molar-refractivity contribution is -0.236. The summed E-state index contributed by atoms with van der Waals surface area (Å²) in [6.45, 7) is 7.91. The Morgan fingerprint density at radius 1 is 1.04 bits per heavy atom. The van der Waals surface area contributed by atoms with E-state index in [-0.39, 0.29) is 23.8 Å². The minimum atomic E-state index is -1.37. The van der Waals surface area contributed by atoms with Crippen molar-refractivity contribution in [1.82, 2.24) is 10.6 Å². The number of ether oxygens (including phenoxy) is 1. The summed E-state index contributed by atoms with van der Waals surface area (Å²) in [5.41, 5.74) is 0. The molecule has 1 aliphatic rings. The van der Waals surface area contributed by atoms with Crippen LogP contribution < -0.4 is 10.6 Å². The Hall–Kier alpha value is -0.610. The first-order chi connectivity index (χ1) is 12.2. The maximum Gasteiger partial charge on any atom is 0.152 e. The van der Waals surface area contributed by atoms with E-state index in [4.69, 9.17) is 4.74 Å². The Morgan fingerprint density at radius 2 is 1.69 bits per heavy atom. The number of ketones is 1. The zero-order valence-corrected chi connectivity index (χ0v) is 16.3. The van der Waals surface area contributed by atoms with Crippen molar-refractivity contribution in [2.45, 2.75) is 89.7 Å². The summed E-state index contributed by atoms with van der Waals surface area (Å²) in [4.78, 5) is 12.3. The predicted octanol–water partition coefficient (Wildman–Crippen LogP) is -0.862. The first-order valence-electron chi connectivity index (χ1n) is 9.52. The van der Waals surface area contributed by atoms with Crippen LogP contribution in [-0.4, -0.2) is 82.1 Å². The van der Waals surface area contributed by atoms with Crippen LogP contribution in [0.5, 0.6) is 0 Å². The molecule has 5 unspecified atom stereocenters. The van der Waals surface area contributed by atoms with Crippen LogP contribution in [0.1, 0.15) is 47.0 Å². The Balaban J connectivity index is 2.39. The fraction of sp³-hybridized carbons (Fsp3) is 0.944. The van der Waals surface area contributed by atoms with Crippen LogP contribution in [0.3, 0.4) is 0 Å². The molecule has 6 N–H and O–H groups in total. The molecule has 0 bridgehead atoms. The Labute approximate surface area is 155 Å². The number of aliphatic hydroxyl groups is 4. The minimum Gasteiger partial charge on any atom is -0.394 e. The fourth-order valence-electron chi connectivity index (χ4n) is 3.10. The number of Topliss-reactive ketones (excluding diaryl/α,β-unsaturated/α-hetero) is 1. The van der Waals surface area contributed by atoms with Crippen LogP contribution in [0.25, 0.3) is 0 Å². The number of carbonyl (C=O) groups is 1. The van der Waals surface area contributed by atoms with Crippen LogP contribution in [-0.2, 0) is 9.53 Å². The molecular formula is C18H36N2O6. The topological polar surface area (TPSA) is 131 Å². The molecule has 0 aromatic rings. The molecule has 1 aliphatic heterocycles. The van der Waals surface area contributed by atoms with Gasteiger partial charge in [-0.1, -0.05) is 34.1 Å². The number of unbranched alkanes of at least 4 members (excludes halogenated alkanes) is 1. The van der Waals surface area contributed by atoms with E-state index in [0.29, 0.717) is 6.54 Å². The molecule has 1 heterocycles. The standard InChI is InChI=1S/C18H36N2O6/c1-10(2)14(22)12(20-11(3)4)7-5-6-8-19-18-17(25)16(24)15(23)13(9-21)26-18/h10-13,15-21,23-25H,5-9H2,1-4H3/t12-,13?,15?,16?,17?,18?/m0/s1. The van der Waals surface area contributed by atoms with Crippen LogP contribution >= 0.6 is 0 Å². The molecule has 8 heteroatoms. The molecule has 0 aromatic carbocycles. The molecule has 8 nitrogen and oxygen atoms in total. The first-order valence-corrected chi connectivity index (χ1v) is 9.52. The van der Waals surface area contributed by atoms with Crippen LogP contribution in [0.15, 0.2) is 0 Å². The SMILES string of the molecule is CC(C)N[C@@H](CCCCNC1OC(CO)C(O)C(O)C1O)C(=O)C(C)C. The number of carbonyl (C=O) groups excluding carboxylic acids is 1. The monoisotopic (exact) mass is 376 g/mol. The largest absolute Gasteiger partial charge is 0.394 e. The molecule has 1 rings (SSSR count). The number of aliphatic hydroxyl groups excluding tert-OH is 4. The van der Waals surface area contributed by atoms with Crippen molar-refractivity contribution in [2.24, 2.45) is 5.92 Å². The van der Waals surface area contributed by atoms with E-state index < -0.39 is 37.3 Å². The average molecular weight is 376 g/mol. The van der Waals surface area contributed by atoms with E-state index in [1.54, 1.807) is 0 Å². The molecule has 0 spiro atoms. The minimum absolute atomic E-state index is 0.0153. The van der Waals surface area contributed by atoms with Crippen molar-refractivity contribution in [3.05, 3.63) is 0 Å². The zero-order chi connectivity index (χ0) is 19.9. The Kier molecular flexibility index (Phi) is 10.2. The van der Waals surface area contributed by atoms with Crippen molar-refractivity contribution in [2.75, 3.05) is 13.2 Å². The second-order valence-electron chi connectivity index (χ2n) is 7.63. The van der Waals surface area contributed by atoms with E-state index in [0.717, 1.165) is 19.3 Å². The van der Waals surface area contributed by atoms with Crippen LogP contribution in [0.4, 0.5) is 0 Å². The maximum absolute atomic E-state index is 12.3. The van der Waals surface area contributed by atoms with Crippen molar-refractivity contribution in [3.63, 3.8) is 0 Å². The molecule has 0 saturated carbocycles. The Bertz CT molecular complexity index is 418. The van der Waals surface area contributed by atoms with Gasteiger partial charge in [0.05, 0.1) is 12.6 Å². The summed E-state index contributed by atoms with van der Waals surface area (Å²) in [5, 5.41) is 45.0. The number of nitrogens with one attached hydrogen (secondary N) is 2. The molecule has 0 radical (unpaired) electrons. The quantitative estimate of drug-likeness (QED) is 0.257. The van der Waals surface area contributed by atoms with Gasteiger partial charge < -0.3 is 30.5 Å². The summed E-state index contributed by atoms with van der Waals surface area (Å²) < 4.78 is 5.39. The average Bonchev–Trinajstić information content (AvgIpc) is 2.59. The van der Waals surface area contributed by atoms with Gasteiger partial charge >= 0.3 is 0 Å². The molecule has 6 atom stereocenters. The van der Waals surface area contributed by atoms with Gasteiger partial charge in [-0.15, -0.1) is 0 Å². The molecule has 1 saturated heterocycles. The third-order valence-electron chi connectivity index (χ3n) is 4.60. The lowest BCUT2D eigenvalue weighted by atomic mass is 9.96. The molecule has 0 aliphatic carbocycles. The van der Waals surface area contributed by atoms with Crippen molar-refractivity contribution in [1.29, 1.82) is 0 Å². The van der Waals surface area contributed by atoms with E-state index in [1.165, 1.54) is 0 Å². The maximum atomic E-state index is 12.3. The Morgan fingerprint density at radius 3 is 2.23 bits per heavy atom. The van der Waals surface area contributed by atoms with Crippen LogP contribution in [0, 0.1) is 5.92 Å². The van der Waals surface area contributed by atoms with Gasteiger partial charge in [0.1, 0.15) is 30.6 Å². The fourth-order valence-corrected chi connectivity index (χ4v) is 3.10. The summed E-state index contributed by atoms with van der Waals surface area (Å²) in [6.07, 6.45) is -3.46. The molecule has 26 heavy (non-hydrogen) atoms. The summed E-state index contributed by atoms with van der Waals surface area (Å²) >= 11 is 0. The van der Waals surface area contributed by atoms with Gasteiger partial charge in [-0.2, -0.15) is 0 Å². The number of hydrogen-bond acceptors (Lipinski definition) is 8. The molecule has 0 aromatic heterocycles. The van der Waals surface area contributed by atoms with Gasteiger partial charge in [-0.05, 0) is 19.4 Å². The van der Waals surface area contributed by atoms with Crippen molar-refractivity contribution >= 4 is 5.78 Å². The normalized spacial score (nSPS) is 30.8. The van der Waals surface area contributed by atoms with E-state index in [9.17, 15) is 25.2 Å². The predicted molar refractivity (Wildman–Crippen MR) is 97.5 cm³/mol. The third-order valence-corrected chi connectivity index (χ3v) is 4.60. The molecule has 0 amide bonds. The van der Waals surface area contributed by atoms with Gasteiger partial charge in [0, 0.05) is 12.0 Å². The summed E-state index contributed by atoms with van der Waals surface area (Å²) in [5.74, 6) is 0.194. The lowest BCUT2D eigenvalue weighted by Crippen LogP contribution is -2.62. The molecule has 154 valence electrons. The second kappa shape index (κ2) is 11.3. The van der Waals surface area contributed by atoms with Gasteiger partial charge in [0.15, 0.2) is 5.78 Å².